The summed E-state index contributed by atoms with van der Waals surface area (Å²) in [6, 6.07) is 0. The molecule has 0 unspecified atom stereocenters. The Labute approximate surface area is 134 Å². The molecule has 6 aliphatic rings. The minimum atomic E-state index is 0.369. The van der Waals surface area contributed by atoms with Gasteiger partial charge in [-0.3, -0.25) is 4.79 Å². The van der Waals surface area contributed by atoms with Gasteiger partial charge < -0.3 is 5.32 Å². The van der Waals surface area contributed by atoms with E-state index >= 15 is 0 Å². The Morgan fingerprint density at radius 1 is 0.864 bits per heavy atom. The summed E-state index contributed by atoms with van der Waals surface area (Å²) >= 11 is 0. The van der Waals surface area contributed by atoms with Gasteiger partial charge in [0.25, 0.3) is 0 Å². The lowest BCUT2D eigenvalue weighted by molar-refractivity contribution is -0.124. The minimum absolute atomic E-state index is 0.369. The Balaban J connectivity index is 1.16. The molecule has 2 nitrogen and oxygen atoms in total. The highest BCUT2D eigenvalue weighted by Crippen LogP contribution is 2.59. The summed E-state index contributed by atoms with van der Waals surface area (Å²) in [5, 5.41) is 3.39. The van der Waals surface area contributed by atoms with Gasteiger partial charge in [0.1, 0.15) is 0 Å². The van der Waals surface area contributed by atoms with Gasteiger partial charge >= 0.3 is 0 Å². The van der Waals surface area contributed by atoms with E-state index in [0.29, 0.717) is 11.3 Å². The number of amides is 1. The fourth-order valence-electron chi connectivity index (χ4n) is 7.73. The van der Waals surface area contributed by atoms with Crippen LogP contribution in [0.3, 0.4) is 0 Å². The Morgan fingerprint density at radius 2 is 1.55 bits per heavy atom. The number of hydrogen-bond donors (Lipinski definition) is 1. The Morgan fingerprint density at radius 3 is 2.09 bits per heavy atom. The van der Waals surface area contributed by atoms with Crippen molar-refractivity contribution in [1.82, 2.24) is 5.32 Å². The zero-order valence-corrected chi connectivity index (χ0v) is 13.9. The molecule has 22 heavy (non-hydrogen) atoms. The third-order valence-corrected chi connectivity index (χ3v) is 8.16. The van der Waals surface area contributed by atoms with Crippen molar-refractivity contribution in [2.75, 3.05) is 6.54 Å². The molecule has 6 aliphatic carbocycles. The van der Waals surface area contributed by atoms with Gasteiger partial charge in [-0.2, -0.15) is 0 Å². The van der Waals surface area contributed by atoms with Crippen LogP contribution < -0.4 is 5.32 Å². The zero-order chi connectivity index (χ0) is 14.7. The first-order chi connectivity index (χ1) is 10.7. The Bertz CT molecular complexity index is 435. The molecule has 0 saturated heterocycles. The summed E-state index contributed by atoms with van der Waals surface area (Å²) in [5.41, 5.74) is 0.499. The third kappa shape index (κ3) is 2.32. The summed E-state index contributed by atoms with van der Waals surface area (Å²) in [5.74, 6) is 5.92. The zero-order valence-electron chi connectivity index (χ0n) is 13.9. The van der Waals surface area contributed by atoms with Crippen molar-refractivity contribution < 1.29 is 4.79 Å². The summed E-state index contributed by atoms with van der Waals surface area (Å²) in [7, 11) is 0. The standard InChI is InChI=1S/C20H31NO/c22-19(8-18-7-13-1-2-17(18)6-13)21-12-20-9-14-3-15(10-20)5-16(4-14)11-20/h13-18H,1-12H2,(H,21,22)/t13-,14?,15?,16?,17-,18+,20?/m0/s1. The largest absolute Gasteiger partial charge is 0.356 e. The van der Waals surface area contributed by atoms with E-state index in [1.807, 2.05) is 0 Å². The average Bonchev–Trinajstić information content (AvgIpc) is 3.06. The van der Waals surface area contributed by atoms with Crippen molar-refractivity contribution in [1.29, 1.82) is 0 Å². The number of nitrogens with one attached hydrogen (secondary N) is 1. The number of carbonyl (C=O) groups excluding carboxylic acids is 1. The van der Waals surface area contributed by atoms with Crippen molar-refractivity contribution in [2.24, 2.45) is 40.9 Å². The van der Waals surface area contributed by atoms with E-state index < -0.39 is 0 Å². The molecule has 2 heteroatoms. The van der Waals surface area contributed by atoms with Crippen molar-refractivity contribution in [3.8, 4) is 0 Å². The first-order valence-corrected chi connectivity index (χ1v) is 9.94. The monoisotopic (exact) mass is 301 g/mol. The molecule has 0 heterocycles. The molecule has 0 aliphatic heterocycles. The topological polar surface area (TPSA) is 29.1 Å². The molecular formula is C20H31NO. The van der Waals surface area contributed by atoms with Crippen LogP contribution in [0.1, 0.15) is 70.6 Å². The number of carbonyl (C=O) groups is 1. The van der Waals surface area contributed by atoms with E-state index in [2.05, 4.69) is 5.32 Å². The molecule has 0 aromatic heterocycles. The van der Waals surface area contributed by atoms with Crippen LogP contribution in [0, 0.1) is 40.9 Å². The van der Waals surface area contributed by atoms with Crippen LogP contribution >= 0.6 is 0 Å². The van der Waals surface area contributed by atoms with Crippen LogP contribution in [0.4, 0.5) is 0 Å². The quantitative estimate of drug-likeness (QED) is 0.830. The first-order valence-electron chi connectivity index (χ1n) is 9.94. The highest BCUT2D eigenvalue weighted by Gasteiger charge is 2.50. The average molecular weight is 301 g/mol. The smallest absolute Gasteiger partial charge is 0.220 e. The van der Waals surface area contributed by atoms with Crippen LogP contribution in [0.2, 0.25) is 0 Å². The summed E-state index contributed by atoms with van der Waals surface area (Å²) in [4.78, 5) is 12.5. The second-order valence-corrected chi connectivity index (χ2v) is 9.83. The Hall–Kier alpha value is -0.530. The van der Waals surface area contributed by atoms with E-state index in [1.165, 1.54) is 64.2 Å². The van der Waals surface area contributed by atoms with Crippen molar-refractivity contribution in [3.63, 3.8) is 0 Å². The van der Waals surface area contributed by atoms with E-state index in [0.717, 1.165) is 48.5 Å². The highest BCUT2D eigenvalue weighted by atomic mass is 16.1. The second kappa shape index (κ2) is 4.98. The van der Waals surface area contributed by atoms with Crippen LogP contribution in [0.15, 0.2) is 0 Å². The number of fused-ring (bicyclic) bond motifs is 2. The van der Waals surface area contributed by atoms with Gasteiger partial charge in [-0.1, -0.05) is 6.42 Å². The van der Waals surface area contributed by atoms with Crippen molar-refractivity contribution in [3.05, 3.63) is 0 Å². The van der Waals surface area contributed by atoms with E-state index in [9.17, 15) is 4.79 Å². The Kier molecular flexibility index (Phi) is 3.14. The maximum absolute atomic E-state index is 12.5. The van der Waals surface area contributed by atoms with Crippen LogP contribution in [0.5, 0.6) is 0 Å². The lowest BCUT2D eigenvalue weighted by Crippen LogP contribution is -2.51. The predicted octanol–water partition coefficient (Wildman–Crippen LogP) is 4.15. The van der Waals surface area contributed by atoms with Crippen LogP contribution in [-0.2, 0) is 4.79 Å². The molecule has 6 saturated carbocycles. The first kappa shape index (κ1) is 13.9. The van der Waals surface area contributed by atoms with Gasteiger partial charge in [0.05, 0.1) is 0 Å². The normalized spacial score (nSPS) is 51.5. The highest BCUT2D eigenvalue weighted by molar-refractivity contribution is 5.76. The minimum Gasteiger partial charge on any atom is -0.356 e. The summed E-state index contributed by atoms with van der Waals surface area (Å²) in [6.45, 7) is 0.996. The molecule has 1 amide bonds. The maximum atomic E-state index is 12.5. The van der Waals surface area contributed by atoms with E-state index in [1.54, 1.807) is 0 Å². The van der Waals surface area contributed by atoms with E-state index in [-0.39, 0.29) is 0 Å². The summed E-state index contributed by atoms with van der Waals surface area (Å²) < 4.78 is 0. The van der Waals surface area contributed by atoms with Gasteiger partial charge in [-0.15, -0.1) is 0 Å². The van der Waals surface area contributed by atoms with Gasteiger partial charge in [-0.05, 0) is 98.7 Å². The van der Waals surface area contributed by atoms with Crippen molar-refractivity contribution in [2.45, 2.75) is 70.6 Å². The molecule has 1 N–H and O–H groups in total. The molecule has 0 aromatic carbocycles. The molecule has 3 atom stereocenters. The SMILES string of the molecule is O=C(C[C@H]1C[C@H]2CC[C@H]1C2)NCC12CC3CC(CC(C3)C1)C2. The van der Waals surface area contributed by atoms with Gasteiger partial charge in [0, 0.05) is 13.0 Å². The molecule has 0 spiro atoms. The number of hydrogen-bond acceptors (Lipinski definition) is 1. The third-order valence-electron chi connectivity index (χ3n) is 8.16. The molecule has 6 bridgehead atoms. The fraction of sp³-hybridized carbons (Fsp3) is 0.950. The lowest BCUT2D eigenvalue weighted by Gasteiger charge is -2.56. The molecule has 6 rings (SSSR count). The molecule has 0 aromatic rings. The van der Waals surface area contributed by atoms with Crippen LogP contribution in [-0.4, -0.2) is 12.5 Å². The van der Waals surface area contributed by atoms with Gasteiger partial charge in [0.2, 0.25) is 5.91 Å². The maximum Gasteiger partial charge on any atom is 0.220 e. The van der Waals surface area contributed by atoms with E-state index in [4.69, 9.17) is 0 Å². The number of rotatable bonds is 4. The predicted molar refractivity (Wildman–Crippen MR) is 87.2 cm³/mol. The van der Waals surface area contributed by atoms with Crippen LogP contribution in [0.25, 0.3) is 0 Å². The van der Waals surface area contributed by atoms with Crippen molar-refractivity contribution >= 4 is 5.91 Å². The van der Waals surface area contributed by atoms with Gasteiger partial charge in [0.15, 0.2) is 0 Å². The molecule has 122 valence electrons. The second-order valence-electron chi connectivity index (χ2n) is 9.83. The molecular weight excluding hydrogens is 270 g/mol. The summed E-state index contributed by atoms with van der Waals surface area (Å²) in [6.07, 6.45) is 15.2. The molecule has 0 radical (unpaired) electrons. The van der Waals surface area contributed by atoms with Gasteiger partial charge in [-0.25, -0.2) is 0 Å². The fourth-order valence-corrected chi connectivity index (χ4v) is 7.73. The molecule has 6 fully saturated rings. The lowest BCUT2D eigenvalue weighted by atomic mass is 9.49.